The highest BCUT2D eigenvalue weighted by molar-refractivity contribution is 6.29. The first-order valence-electron chi connectivity index (χ1n) is 7.64. The highest BCUT2D eigenvalue weighted by Gasteiger charge is 2.25. The summed E-state index contributed by atoms with van der Waals surface area (Å²) in [5.74, 6) is 2.49. The van der Waals surface area contributed by atoms with Gasteiger partial charge in [-0.1, -0.05) is 37.8 Å². The highest BCUT2D eigenvalue weighted by Crippen LogP contribution is 2.37. The van der Waals surface area contributed by atoms with Crippen LogP contribution < -0.4 is 0 Å². The molecule has 0 unspecified atom stereocenters. The number of nitrogens with zero attached hydrogens (tertiary/aromatic N) is 4. The second kappa shape index (κ2) is 6.08. The monoisotopic (exact) mass is 292 g/mol. The van der Waals surface area contributed by atoms with Gasteiger partial charge in [0.25, 0.3) is 0 Å². The average Bonchev–Trinajstić information content (AvgIpc) is 2.88. The van der Waals surface area contributed by atoms with Gasteiger partial charge in [-0.2, -0.15) is 0 Å². The molecule has 1 aliphatic rings. The number of aromatic nitrogens is 4. The van der Waals surface area contributed by atoms with Gasteiger partial charge in [-0.05, 0) is 31.6 Å². The third-order valence-corrected chi connectivity index (χ3v) is 4.68. The predicted molar refractivity (Wildman–Crippen MR) is 80.0 cm³/mol. The molecular weight excluding hydrogens is 272 g/mol. The number of fused-ring (bicyclic) bond motifs is 1. The summed E-state index contributed by atoms with van der Waals surface area (Å²) >= 11 is 5.89. The van der Waals surface area contributed by atoms with Gasteiger partial charge in [0, 0.05) is 12.0 Å². The molecule has 2 aromatic rings. The fourth-order valence-electron chi connectivity index (χ4n) is 3.27. The first kappa shape index (κ1) is 13.8. The zero-order chi connectivity index (χ0) is 13.9. The van der Waals surface area contributed by atoms with E-state index in [2.05, 4.69) is 22.1 Å². The Morgan fingerprint density at radius 3 is 2.80 bits per heavy atom. The average molecular weight is 293 g/mol. The molecule has 3 rings (SSSR count). The fourth-order valence-corrected chi connectivity index (χ4v) is 3.41. The summed E-state index contributed by atoms with van der Waals surface area (Å²) in [7, 11) is 0. The molecule has 2 heterocycles. The maximum Gasteiger partial charge on any atom is 0.165 e. The summed E-state index contributed by atoms with van der Waals surface area (Å²) in [6.45, 7) is 2.27. The molecule has 1 fully saturated rings. The lowest BCUT2D eigenvalue weighted by molar-refractivity contribution is 0.297. The van der Waals surface area contributed by atoms with Gasteiger partial charge in [-0.15, -0.1) is 10.2 Å². The molecule has 1 aliphatic carbocycles. The molecule has 0 atom stereocenters. The van der Waals surface area contributed by atoms with E-state index in [-0.39, 0.29) is 0 Å². The lowest BCUT2D eigenvalue weighted by atomic mass is 9.79. The molecule has 4 nitrogen and oxygen atoms in total. The number of unbranched alkanes of at least 4 members (excludes halogenated alkanes) is 1. The number of halogens is 1. The van der Waals surface area contributed by atoms with Gasteiger partial charge in [0.05, 0.1) is 0 Å². The van der Waals surface area contributed by atoms with Crippen LogP contribution in [0, 0.1) is 5.92 Å². The summed E-state index contributed by atoms with van der Waals surface area (Å²) < 4.78 is 1.99. The van der Waals surface area contributed by atoms with Crippen LogP contribution in [0.1, 0.15) is 63.6 Å². The third kappa shape index (κ3) is 2.80. The quantitative estimate of drug-likeness (QED) is 0.792. The van der Waals surface area contributed by atoms with Crippen molar-refractivity contribution in [2.75, 3.05) is 0 Å². The number of rotatable bonds is 4. The minimum absolute atomic E-state index is 0.472. The SMILES string of the molecule is CCCCC1CCC(c2nnc3cc(Cl)ncn23)CC1. The van der Waals surface area contributed by atoms with Crippen LogP contribution in [0.5, 0.6) is 0 Å². The molecule has 0 N–H and O–H groups in total. The Kier molecular flexibility index (Phi) is 4.20. The largest absolute Gasteiger partial charge is 0.269 e. The molecule has 0 aliphatic heterocycles. The summed E-state index contributed by atoms with van der Waals surface area (Å²) in [5.41, 5.74) is 0.799. The fraction of sp³-hybridized carbons (Fsp3) is 0.667. The minimum atomic E-state index is 0.472. The van der Waals surface area contributed by atoms with Crippen molar-refractivity contribution in [3.8, 4) is 0 Å². The second-order valence-corrected chi connectivity index (χ2v) is 6.25. The Balaban J connectivity index is 1.70. The van der Waals surface area contributed by atoms with Crippen molar-refractivity contribution in [2.24, 2.45) is 5.92 Å². The van der Waals surface area contributed by atoms with Crippen LogP contribution in [-0.4, -0.2) is 19.6 Å². The van der Waals surface area contributed by atoms with E-state index in [1.54, 1.807) is 12.4 Å². The van der Waals surface area contributed by atoms with Gasteiger partial charge < -0.3 is 0 Å². The lowest BCUT2D eigenvalue weighted by Crippen LogP contribution is -2.15. The summed E-state index contributed by atoms with van der Waals surface area (Å²) in [6, 6.07) is 1.77. The maximum atomic E-state index is 5.89. The first-order valence-corrected chi connectivity index (χ1v) is 8.02. The second-order valence-electron chi connectivity index (χ2n) is 5.86. The van der Waals surface area contributed by atoms with E-state index in [1.807, 2.05) is 4.40 Å². The van der Waals surface area contributed by atoms with E-state index in [0.29, 0.717) is 11.1 Å². The molecule has 5 heteroatoms. The van der Waals surface area contributed by atoms with Crippen molar-refractivity contribution in [3.05, 3.63) is 23.4 Å². The third-order valence-electron chi connectivity index (χ3n) is 4.47. The Labute approximate surface area is 124 Å². The summed E-state index contributed by atoms with van der Waals surface area (Å²) in [5, 5.41) is 9.05. The van der Waals surface area contributed by atoms with E-state index < -0.39 is 0 Å². The molecule has 0 radical (unpaired) electrons. The van der Waals surface area contributed by atoms with Crippen molar-refractivity contribution in [2.45, 2.75) is 57.8 Å². The van der Waals surface area contributed by atoms with Crippen LogP contribution in [0.25, 0.3) is 5.65 Å². The van der Waals surface area contributed by atoms with E-state index in [9.17, 15) is 0 Å². The van der Waals surface area contributed by atoms with Crippen molar-refractivity contribution in [1.29, 1.82) is 0 Å². The first-order chi connectivity index (χ1) is 9.78. The van der Waals surface area contributed by atoms with Gasteiger partial charge >= 0.3 is 0 Å². The topological polar surface area (TPSA) is 43.1 Å². The van der Waals surface area contributed by atoms with Gasteiger partial charge in [-0.25, -0.2) is 4.98 Å². The number of hydrogen-bond acceptors (Lipinski definition) is 3. The van der Waals surface area contributed by atoms with E-state index in [1.165, 1.54) is 44.9 Å². The molecule has 0 saturated heterocycles. The Morgan fingerprint density at radius 2 is 2.05 bits per heavy atom. The van der Waals surface area contributed by atoms with E-state index in [4.69, 9.17) is 11.6 Å². The highest BCUT2D eigenvalue weighted by atomic mass is 35.5. The predicted octanol–water partition coefficient (Wildman–Crippen LogP) is 4.24. The van der Waals surface area contributed by atoms with Crippen LogP contribution in [0.4, 0.5) is 0 Å². The van der Waals surface area contributed by atoms with Crippen LogP contribution in [0.3, 0.4) is 0 Å². The van der Waals surface area contributed by atoms with E-state index in [0.717, 1.165) is 17.4 Å². The molecule has 0 amide bonds. The van der Waals surface area contributed by atoms with Gasteiger partial charge in [0.15, 0.2) is 5.65 Å². The normalized spacial score (nSPS) is 23.3. The standard InChI is InChI=1S/C15H21ClN4/c1-2-3-4-11-5-7-12(8-6-11)15-19-18-14-9-13(16)17-10-20(14)15/h9-12H,2-8H2,1H3. The van der Waals surface area contributed by atoms with Crippen molar-refractivity contribution in [3.63, 3.8) is 0 Å². The lowest BCUT2D eigenvalue weighted by Gasteiger charge is -2.27. The van der Waals surface area contributed by atoms with E-state index >= 15 is 0 Å². The Morgan fingerprint density at radius 1 is 1.25 bits per heavy atom. The Hall–Kier alpha value is -1.16. The van der Waals surface area contributed by atoms with Crippen LogP contribution in [0.15, 0.2) is 12.4 Å². The van der Waals surface area contributed by atoms with Crippen molar-refractivity contribution >= 4 is 17.2 Å². The van der Waals surface area contributed by atoms with Crippen LogP contribution in [0.2, 0.25) is 5.15 Å². The van der Waals surface area contributed by atoms with Crippen molar-refractivity contribution < 1.29 is 0 Å². The molecule has 108 valence electrons. The molecule has 1 saturated carbocycles. The zero-order valence-corrected chi connectivity index (χ0v) is 12.7. The number of hydrogen-bond donors (Lipinski definition) is 0. The molecular formula is C15H21ClN4. The Bertz CT molecular complexity index is 572. The van der Waals surface area contributed by atoms with Gasteiger partial charge in [0.2, 0.25) is 0 Å². The minimum Gasteiger partial charge on any atom is -0.269 e. The molecule has 0 bridgehead atoms. The molecule has 0 spiro atoms. The van der Waals surface area contributed by atoms with Crippen LogP contribution >= 0.6 is 11.6 Å². The summed E-state index contributed by atoms with van der Waals surface area (Å²) in [4.78, 5) is 4.14. The molecule has 20 heavy (non-hydrogen) atoms. The maximum absolute atomic E-state index is 5.89. The molecule has 2 aromatic heterocycles. The van der Waals surface area contributed by atoms with Gasteiger partial charge in [0.1, 0.15) is 17.3 Å². The smallest absolute Gasteiger partial charge is 0.165 e. The van der Waals surface area contributed by atoms with Crippen LogP contribution in [-0.2, 0) is 0 Å². The van der Waals surface area contributed by atoms with Crippen molar-refractivity contribution in [1.82, 2.24) is 19.6 Å². The zero-order valence-electron chi connectivity index (χ0n) is 11.9. The summed E-state index contributed by atoms with van der Waals surface area (Å²) in [6.07, 6.45) is 10.9. The van der Waals surface area contributed by atoms with Gasteiger partial charge in [-0.3, -0.25) is 4.40 Å². The molecule has 0 aromatic carbocycles.